The van der Waals surface area contributed by atoms with E-state index in [1.54, 1.807) is 25.1 Å². The van der Waals surface area contributed by atoms with Gasteiger partial charge in [0.05, 0.1) is 10.9 Å². The molecule has 1 unspecified atom stereocenters. The molecule has 6 nitrogen and oxygen atoms in total. The van der Waals surface area contributed by atoms with Gasteiger partial charge in [-0.2, -0.15) is 0 Å². The minimum absolute atomic E-state index is 0.0143. The van der Waals surface area contributed by atoms with E-state index in [1.807, 2.05) is 0 Å². The topological polar surface area (TPSA) is 78.5 Å². The third kappa shape index (κ3) is 5.01. The number of amides is 2. The lowest BCUT2D eigenvalue weighted by Gasteiger charge is -2.17. The number of urea groups is 1. The molecule has 2 amide bonds. The molecule has 1 atom stereocenters. The van der Waals surface area contributed by atoms with E-state index in [0.717, 1.165) is 16.4 Å². The predicted molar refractivity (Wildman–Crippen MR) is 97.5 cm³/mol. The first-order valence-corrected chi connectivity index (χ1v) is 9.56. The summed E-state index contributed by atoms with van der Waals surface area (Å²) in [6.45, 7) is 1.61. The van der Waals surface area contributed by atoms with Crippen molar-refractivity contribution in [1.82, 2.24) is 14.9 Å². The van der Waals surface area contributed by atoms with E-state index in [1.165, 1.54) is 26.2 Å². The van der Waals surface area contributed by atoms with Gasteiger partial charge in [0.25, 0.3) is 0 Å². The Bertz CT molecular complexity index is 933. The highest BCUT2D eigenvalue weighted by Gasteiger charge is 2.21. The smallest absolute Gasteiger partial charge is 0.315 e. The first-order valence-electron chi connectivity index (χ1n) is 8.12. The van der Waals surface area contributed by atoms with Crippen LogP contribution in [0.15, 0.2) is 47.4 Å². The van der Waals surface area contributed by atoms with E-state index in [2.05, 4.69) is 10.6 Å². The Hall–Kier alpha value is -2.52. The molecule has 0 aliphatic carbocycles. The number of rotatable bonds is 6. The summed E-state index contributed by atoms with van der Waals surface area (Å²) < 4.78 is 52.1. The van der Waals surface area contributed by atoms with Crippen molar-refractivity contribution in [1.29, 1.82) is 0 Å². The maximum Gasteiger partial charge on any atom is 0.315 e. The van der Waals surface area contributed by atoms with Crippen LogP contribution in [0.4, 0.5) is 13.6 Å². The first kappa shape index (κ1) is 20.8. The molecule has 0 fully saturated rings. The Balaban J connectivity index is 2.05. The average Bonchev–Trinajstić information content (AvgIpc) is 2.62. The summed E-state index contributed by atoms with van der Waals surface area (Å²) in [5, 5.41) is 5.17. The van der Waals surface area contributed by atoms with Crippen LogP contribution in [0.2, 0.25) is 0 Å². The predicted octanol–water partition coefficient (Wildman–Crippen LogP) is 2.78. The van der Waals surface area contributed by atoms with Crippen LogP contribution in [0.5, 0.6) is 0 Å². The first-order chi connectivity index (χ1) is 12.6. The lowest BCUT2D eigenvalue weighted by atomic mass is 10.1. The summed E-state index contributed by atoms with van der Waals surface area (Å²) in [5.74, 6) is -1.96. The Morgan fingerprint density at radius 3 is 2.41 bits per heavy atom. The second-order valence-corrected chi connectivity index (χ2v) is 8.24. The Kier molecular flexibility index (Phi) is 6.50. The molecule has 9 heteroatoms. The third-order valence-corrected chi connectivity index (χ3v) is 5.88. The molecule has 0 aliphatic rings. The number of hydrogen-bond acceptors (Lipinski definition) is 3. The third-order valence-electron chi connectivity index (χ3n) is 3.96. The highest BCUT2D eigenvalue weighted by atomic mass is 32.2. The number of nitrogens with one attached hydrogen (secondary N) is 2. The molecule has 0 saturated heterocycles. The molecule has 0 spiro atoms. The van der Waals surface area contributed by atoms with Crippen LogP contribution < -0.4 is 10.6 Å². The maximum absolute atomic E-state index is 13.3. The number of nitrogens with zero attached hydrogens (tertiary/aromatic N) is 1. The SMILES string of the molecule is CC(NC(=O)NCc1ccccc1S(=O)(=O)N(C)C)c1ccc(F)c(F)c1. The van der Waals surface area contributed by atoms with Gasteiger partial charge in [-0.3, -0.25) is 0 Å². The molecule has 146 valence electrons. The van der Waals surface area contributed by atoms with Gasteiger partial charge >= 0.3 is 6.03 Å². The van der Waals surface area contributed by atoms with E-state index in [9.17, 15) is 22.0 Å². The molecule has 0 aromatic heterocycles. The normalized spacial score (nSPS) is 12.7. The zero-order valence-electron chi connectivity index (χ0n) is 15.2. The van der Waals surface area contributed by atoms with Gasteiger partial charge in [0.2, 0.25) is 10.0 Å². The minimum atomic E-state index is -3.65. The largest absolute Gasteiger partial charge is 0.334 e. The van der Waals surface area contributed by atoms with E-state index >= 15 is 0 Å². The van der Waals surface area contributed by atoms with Crippen molar-refractivity contribution < 1.29 is 22.0 Å². The second kappa shape index (κ2) is 8.45. The van der Waals surface area contributed by atoms with Gasteiger partial charge in [-0.25, -0.2) is 26.3 Å². The summed E-state index contributed by atoms with van der Waals surface area (Å²) in [6.07, 6.45) is 0. The summed E-state index contributed by atoms with van der Waals surface area (Å²) in [4.78, 5) is 12.2. The molecular formula is C18H21F2N3O3S. The van der Waals surface area contributed by atoms with Crippen molar-refractivity contribution >= 4 is 16.1 Å². The van der Waals surface area contributed by atoms with Crippen molar-refractivity contribution in [2.45, 2.75) is 24.4 Å². The lowest BCUT2D eigenvalue weighted by molar-refractivity contribution is 0.237. The summed E-state index contributed by atoms with van der Waals surface area (Å²) in [5.41, 5.74) is 0.835. The summed E-state index contributed by atoms with van der Waals surface area (Å²) in [7, 11) is -0.793. The molecule has 2 N–H and O–H groups in total. The van der Waals surface area contributed by atoms with Crippen molar-refractivity contribution in [2.24, 2.45) is 0 Å². The molecule has 2 aromatic rings. The molecule has 0 aliphatic heterocycles. The van der Waals surface area contributed by atoms with Crippen molar-refractivity contribution in [3.8, 4) is 0 Å². The summed E-state index contributed by atoms with van der Waals surface area (Å²) >= 11 is 0. The minimum Gasteiger partial charge on any atom is -0.334 e. The van der Waals surface area contributed by atoms with Crippen molar-refractivity contribution in [2.75, 3.05) is 14.1 Å². The standard InChI is InChI=1S/C18H21F2N3O3S/c1-12(13-8-9-15(19)16(20)10-13)22-18(24)21-11-14-6-4-5-7-17(14)27(25,26)23(2)3/h4-10,12H,11H2,1-3H3,(H2,21,22,24). The monoisotopic (exact) mass is 397 g/mol. The number of carbonyl (C=O) groups is 1. The second-order valence-electron chi connectivity index (χ2n) is 6.12. The number of carbonyl (C=O) groups excluding carboxylic acids is 1. The van der Waals surface area contributed by atoms with Crippen LogP contribution in [-0.2, 0) is 16.6 Å². The van der Waals surface area contributed by atoms with Gasteiger partial charge in [-0.05, 0) is 36.2 Å². The van der Waals surface area contributed by atoms with Crippen molar-refractivity contribution in [3.05, 3.63) is 65.2 Å². The van der Waals surface area contributed by atoms with Gasteiger partial charge in [-0.15, -0.1) is 0 Å². The lowest BCUT2D eigenvalue weighted by Crippen LogP contribution is -2.37. The number of halogens is 2. The average molecular weight is 397 g/mol. The fourth-order valence-corrected chi connectivity index (χ4v) is 3.50. The fraction of sp³-hybridized carbons (Fsp3) is 0.278. The van der Waals surface area contributed by atoms with Crippen molar-refractivity contribution in [3.63, 3.8) is 0 Å². The molecule has 0 heterocycles. The number of hydrogen-bond donors (Lipinski definition) is 2. The molecule has 27 heavy (non-hydrogen) atoms. The molecular weight excluding hydrogens is 376 g/mol. The van der Waals surface area contributed by atoms with E-state index in [-0.39, 0.29) is 11.4 Å². The molecule has 2 rings (SSSR count). The highest BCUT2D eigenvalue weighted by molar-refractivity contribution is 7.89. The fourth-order valence-electron chi connectivity index (χ4n) is 2.39. The van der Waals surface area contributed by atoms with Gasteiger partial charge < -0.3 is 10.6 Å². The van der Waals surface area contributed by atoms with Crippen LogP contribution >= 0.6 is 0 Å². The Morgan fingerprint density at radius 2 is 1.78 bits per heavy atom. The zero-order valence-corrected chi connectivity index (χ0v) is 16.0. The van der Waals surface area contributed by atoms with E-state index in [0.29, 0.717) is 11.1 Å². The zero-order chi connectivity index (χ0) is 20.2. The Labute approximate surface area is 157 Å². The molecule has 2 aromatic carbocycles. The molecule has 0 saturated carbocycles. The number of benzene rings is 2. The van der Waals surface area contributed by atoms with E-state index < -0.39 is 33.7 Å². The van der Waals surface area contributed by atoms with Crippen LogP contribution in [0.3, 0.4) is 0 Å². The maximum atomic E-state index is 13.3. The van der Waals surface area contributed by atoms with Gasteiger partial charge in [0.1, 0.15) is 0 Å². The quantitative estimate of drug-likeness (QED) is 0.787. The Morgan fingerprint density at radius 1 is 1.11 bits per heavy atom. The van der Waals surface area contributed by atoms with E-state index in [4.69, 9.17) is 0 Å². The van der Waals surface area contributed by atoms with Crippen LogP contribution in [0.1, 0.15) is 24.1 Å². The van der Waals surface area contributed by atoms with Gasteiger partial charge in [-0.1, -0.05) is 24.3 Å². The highest BCUT2D eigenvalue weighted by Crippen LogP contribution is 2.19. The van der Waals surface area contributed by atoms with Crippen LogP contribution in [-0.4, -0.2) is 32.8 Å². The number of sulfonamides is 1. The van der Waals surface area contributed by atoms with Gasteiger partial charge in [0.15, 0.2) is 11.6 Å². The van der Waals surface area contributed by atoms with Crippen LogP contribution in [0.25, 0.3) is 0 Å². The molecule has 0 radical (unpaired) electrons. The van der Waals surface area contributed by atoms with Gasteiger partial charge in [0, 0.05) is 20.6 Å². The summed E-state index contributed by atoms with van der Waals surface area (Å²) in [6, 6.07) is 8.59. The molecule has 0 bridgehead atoms. The van der Waals surface area contributed by atoms with Crippen LogP contribution in [0, 0.1) is 11.6 Å².